The van der Waals surface area contributed by atoms with Crippen molar-refractivity contribution in [3.63, 3.8) is 0 Å². The standard InChI is InChI=1S/C17H17ClN4O/c1-9-7-15(19-14-8-12(18)5-6-13(9)14)22-17(11-3-4-11)20-16(21-22)10(2)23/h5-8,10-11,23H,3-4H2,1-2H3. The number of aliphatic hydroxyl groups excluding tert-OH is 1. The number of halogens is 1. The first kappa shape index (κ1) is 14.6. The van der Waals surface area contributed by atoms with Crippen LogP contribution in [0.3, 0.4) is 0 Å². The van der Waals surface area contributed by atoms with Crippen molar-refractivity contribution in [2.75, 3.05) is 0 Å². The average molecular weight is 329 g/mol. The van der Waals surface area contributed by atoms with Crippen LogP contribution in [0.25, 0.3) is 16.7 Å². The molecule has 0 aliphatic heterocycles. The number of aromatic nitrogens is 4. The molecule has 2 heterocycles. The van der Waals surface area contributed by atoms with Crippen LogP contribution in [0.4, 0.5) is 0 Å². The van der Waals surface area contributed by atoms with E-state index in [1.165, 1.54) is 0 Å². The summed E-state index contributed by atoms with van der Waals surface area (Å²) in [7, 11) is 0. The summed E-state index contributed by atoms with van der Waals surface area (Å²) < 4.78 is 1.77. The number of aliphatic hydroxyl groups is 1. The minimum absolute atomic E-state index is 0.409. The number of pyridine rings is 1. The third-order valence-corrected chi connectivity index (χ3v) is 4.38. The molecule has 0 bridgehead atoms. The summed E-state index contributed by atoms with van der Waals surface area (Å²) in [4.78, 5) is 9.22. The molecule has 1 fully saturated rings. The monoisotopic (exact) mass is 328 g/mol. The molecule has 0 radical (unpaired) electrons. The number of benzene rings is 1. The van der Waals surface area contributed by atoms with E-state index >= 15 is 0 Å². The van der Waals surface area contributed by atoms with Crippen LogP contribution in [0.15, 0.2) is 24.3 Å². The minimum atomic E-state index is -0.690. The van der Waals surface area contributed by atoms with Crippen molar-refractivity contribution in [3.05, 3.63) is 46.5 Å². The average Bonchev–Trinajstić information content (AvgIpc) is 3.24. The van der Waals surface area contributed by atoms with E-state index in [1.54, 1.807) is 11.6 Å². The quantitative estimate of drug-likeness (QED) is 0.796. The Labute approximate surface area is 138 Å². The van der Waals surface area contributed by atoms with Crippen LogP contribution in [-0.2, 0) is 0 Å². The summed E-state index contributed by atoms with van der Waals surface area (Å²) in [5, 5.41) is 16.0. The first-order chi connectivity index (χ1) is 11.0. The van der Waals surface area contributed by atoms with Crippen molar-refractivity contribution in [2.45, 2.75) is 38.7 Å². The predicted molar refractivity (Wildman–Crippen MR) is 89.0 cm³/mol. The van der Waals surface area contributed by atoms with Crippen LogP contribution >= 0.6 is 11.6 Å². The lowest BCUT2D eigenvalue weighted by Crippen LogP contribution is -2.05. The third-order valence-electron chi connectivity index (χ3n) is 4.15. The second-order valence-electron chi connectivity index (χ2n) is 6.15. The van der Waals surface area contributed by atoms with Crippen LogP contribution in [0, 0.1) is 6.92 Å². The Morgan fingerprint density at radius 3 is 2.74 bits per heavy atom. The number of hydrogen-bond donors (Lipinski definition) is 1. The maximum Gasteiger partial charge on any atom is 0.179 e. The number of hydrogen-bond acceptors (Lipinski definition) is 4. The highest BCUT2D eigenvalue weighted by molar-refractivity contribution is 6.31. The largest absolute Gasteiger partial charge is 0.385 e. The molecule has 118 valence electrons. The summed E-state index contributed by atoms with van der Waals surface area (Å²) in [5.74, 6) is 2.46. The Morgan fingerprint density at radius 1 is 1.26 bits per heavy atom. The van der Waals surface area contributed by atoms with E-state index in [1.807, 2.05) is 31.2 Å². The van der Waals surface area contributed by atoms with E-state index < -0.39 is 6.10 Å². The molecular weight excluding hydrogens is 312 g/mol. The van der Waals surface area contributed by atoms with E-state index in [0.29, 0.717) is 16.8 Å². The van der Waals surface area contributed by atoms with E-state index in [0.717, 1.165) is 41.0 Å². The van der Waals surface area contributed by atoms with Crippen LogP contribution in [-0.4, -0.2) is 24.9 Å². The number of fused-ring (bicyclic) bond motifs is 1. The van der Waals surface area contributed by atoms with Gasteiger partial charge in [0.2, 0.25) is 0 Å². The fraction of sp³-hybridized carbons (Fsp3) is 0.353. The zero-order valence-corrected chi connectivity index (χ0v) is 13.7. The van der Waals surface area contributed by atoms with E-state index in [9.17, 15) is 5.11 Å². The highest BCUT2D eigenvalue weighted by Crippen LogP contribution is 2.40. The fourth-order valence-electron chi connectivity index (χ4n) is 2.76. The van der Waals surface area contributed by atoms with Crippen molar-refractivity contribution in [1.82, 2.24) is 19.7 Å². The van der Waals surface area contributed by atoms with Crippen LogP contribution in [0.2, 0.25) is 5.02 Å². The van der Waals surface area contributed by atoms with Gasteiger partial charge >= 0.3 is 0 Å². The van der Waals surface area contributed by atoms with Crippen LogP contribution in [0.1, 0.15) is 49.0 Å². The van der Waals surface area contributed by atoms with Crippen LogP contribution < -0.4 is 0 Å². The molecule has 0 amide bonds. The smallest absolute Gasteiger partial charge is 0.179 e. The molecular formula is C17H17ClN4O. The zero-order valence-electron chi connectivity index (χ0n) is 13.0. The molecule has 1 N–H and O–H groups in total. The SMILES string of the molecule is Cc1cc(-n2nc(C(C)O)nc2C2CC2)nc2cc(Cl)ccc12. The molecule has 0 saturated heterocycles. The summed E-state index contributed by atoms with van der Waals surface area (Å²) in [6, 6.07) is 7.71. The van der Waals surface area contributed by atoms with Gasteiger partial charge in [0.1, 0.15) is 11.9 Å². The molecule has 1 aromatic carbocycles. The fourth-order valence-corrected chi connectivity index (χ4v) is 2.92. The van der Waals surface area contributed by atoms with Gasteiger partial charge in [-0.15, -0.1) is 5.10 Å². The van der Waals surface area contributed by atoms with Gasteiger partial charge in [0.15, 0.2) is 11.6 Å². The van der Waals surface area contributed by atoms with Gasteiger partial charge in [-0.1, -0.05) is 17.7 Å². The predicted octanol–water partition coefficient (Wildman–Crippen LogP) is 3.71. The van der Waals surface area contributed by atoms with Crippen molar-refractivity contribution in [2.24, 2.45) is 0 Å². The normalized spacial score (nSPS) is 16.0. The van der Waals surface area contributed by atoms with Gasteiger partial charge in [0.25, 0.3) is 0 Å². The van der Waals surface area contributed by atoms with E-state index in [-0.39, 0.29) is 0 Å². The molecule has 1 aliphatic carbocycles. The molecule has 6 heteroatoms. The summed E-state index contributed by atoms with van der Waals surface area (Å²) in [6.07, 6.45) is 1.52. The second kappa shape index (κ2) is 5.28. The van der Waals surface area contributed by atoms with Gasteiger partial charge in [-0.25, -0.2) is 9.97 Å². The number of nitrogens with zero attached hydrogens (tertiary/aromatic N) is 4. The van der Waals surface area contributed by atoms with Gasteiger partial charge in [0, 0.05) is 16.3 Å². The Bertz CT molecular complexity index is 899. The number of aryl methyl sites for hydroxylation is 1. The molecule has 23 heavy (non-hydrogen) atoms. The second-order valence-corrected chi connectivity index (χ2v) is 6.59. The molecule has 2 aromatic heterocycles. The number of rotatable bonds is 3. The van der Waals surface area contributed by atoms with E-state index in [2.05, 4.69) is 10.1 Å². The topological polar surface area (TPSA) is 63.8 Å². The molecule has 3 aromatic rings. The third kappa shape index (κ3) is 2.60. The Balaban J connectivity index is 1.91. The maximum absolute atomic E-state index is 9.80. The minimum Gasteiger partial charge on any atom is -0.385 e. The summed E-state index contributed by atoms with van der Waals surface area (Å²) in [6.45, 7) is 3.72. The molecule has 4 rings (SSSR count). The highest BCUT2D eigenvalue weighted by atomic mass is 35.5. The van der Waals surface area contributed by atoms with Gasteiger partial charge in [-0.2, -0.15) is 4.68 Å². The van der Waals surface area contributed by atoms with Crippen LogP contribution in [0.5, 0.6) is 0 Å². The maximum atomic E-state index is 9.80. The van der Waals surface area contributed by atoms with Crippen molar-refractivity contribution < 1.29 is 5.11 Å². The highest BCUT2D eigenvalue weighted by Gasteiger charge is 2.31. The first-order valence-corrected chi connectivity index (χ1v) is 8.13. The van der Waals surface area contributed by atoms with Crippen molar-refractivity contribution >= 4 is 22.5 Å². The van der Waals surface area contributed by atoms with Gasteiger partial charge in [0.05, 0.1) is 5.52 Å². The van der Waals surface area contributed by atoms with Crippen molar-refractivity contribution in [1.29, 1.82) is 0 Å². The summed E-state index contributed by atoms with van der Waals surface area (Å²) >= 11 is 6.10. The molecule has 1 saturated carbocycles. The van der Waals surface area contributed by atoms with Gasteiger partial charge < -0.3 is 5.11 Å². The Kier molecular flexibility index (Phi) is 3.36. The molecule has 1 unspecified atom stereocenters. The molecule has 1 aliphatic rings. The zero-order chi connectivity index (χ0) is 16.1. The summed E-state index contributed by atoms with van der Waals surface area (Å²) in [5.41, 5.74) is 1.95. The van der Waals surface area contributed by atoms with E-state index in [4.69, 9.17) is 16.6 Å². The first-order valence-electron chi connectivity index (χ1n) is 7.75. The lowest BCUT2D eigenvalue weighted by Gasteiger charge is -2.08. The van der Waals surface area contributed by atoms with Crippen molar-refractivity contribution in [3.8, 4) is 5.82 Å². The molecule has 1 atom stereocenters. The Hall–Kier alpha value is -1.98. The molecule has 0 spiro atoms. The Morgan fingerprint density at radius 2 is 2.04 bits per heavy atom. The van der Waals surface area contributed by atoms with Gasteiger partial charge in [-0.3, -0.25) is 0 Å². The lowest BCUT2D eigenvalue weighted by atomic mass is 10.1. The van der Waals surface area contributed by atoms with Gasteiger partial charge in [-0.05, 0) is 50.5 Å². The molecule has 5 nitrogen and oxygen atoms in total. The lowest BCUT2D eigenvalue weighted by molar-refractivity contribution is 0.189.